The van der Waals surface area contributed by atoms with Crippen LogP contribution < -0.4 is 5.46 Å². The normalized spacial score (nSPS) is 9.58. The van der Waals surface area contributed by atoms with E-state index < -0.39 is 7.12 Å². The van der Waals surface area contributed by atoms with Gasteiger partial charge in [0.15, 0.2) is 6.29 Å². The topological polar surface area (TPSA) is 70.4 Å². The van der Waals surface area contributed by atoms with Crippen LogP contribution in [0.15, 0.2) is 12.4 Å². The summed E-state index contributed by atoms with van der Waals surface area (Å²) in [5.74, 6) is 0. The molecule has 0 fully saturated rings. The van der Waals surface area contributed by atoms with Crippen LogP contribution in [-0.4, -0.2) is 28.4 Å². The van der Waals surface area contributed by atoms with E-state index >= 15 is 0 Å². The molecule has 5 heteroatoms. The summed E-state index contributed by atoms with van der Waals surface area (Å²) >= 11 is 0. The Morgan fingerprint density at radius 1 is 1.50 bits per heavy atom. The number of aldehydes is 1. The van der Waals surface area contributed by atoms with E-state index in [4.69, 9.17) is 10.0 Å². The van der Waals surface area contributed by atoms with Crippen LogP contribution in [0.2, 0.25) is 0 Å². The number of hydrogen-bond donors (Lipinski definition) is 2. The van der Waals surface area contributed by atoms with Crippen molar-refractivity contribution in [1.29, 1.82) is 0 Å². The Hall–Kier alpha value is -1.20. The molecule has 12 heavy (non-hydrogen) atoms. The van der Waals surface area contributed by atoms with Gasteiger partial charge in [-0.2, -0.15) is 0 Å². The lowest BCUT2D eigenvalue weighted by Crippen LogP contribution is -2.33. The number of pyridine rings is 1. The average Bonchev–Trinajstić information content (AvgIpc) is 2.04. The van der Waals surface area contributed by atoms with Crippen LogP contribution in [0, 0.1) is 6.92 Å². The van der Waals surface area contributed by atoms with Gasteiger partial charge in [-0.1, -0.05) is 0 Å². The van der Waals surface area contributed by atoms with E-state index in [1.807, 2.05) is 0 Å². The third-order valence-corrected chi connectivity index (χ3v) is 1.70. The Kier molecular flexibility index (Phi) is 2.57. The Morgan fingerprint density at radius 2 is 2.17 bits per heavy atom. The highest BCUT2D eigenvalue weighted by Crippen LogP contribution is 1.99. The molecular formula is C7H8BNO3. The van der Waals surface area contributed by atoms with E-state index in [-0.39, 0.29) is 5.46 Å². The SMILES string of the molecule is Cc1c(C=O)cncc1B(O)O. The number of hydrogen-bond acceptors (Lipinski definition) is 4. The molecule has 1 aromatic heterocycles. The van der Waals surface area contributed by atoms with Crippen molar-refractivity contribution in [3.05, 3.63) is 23.5 Å². The van der Waals surface area contributed by atoms with Crippen molar-refractivity contribution in [3.8, 4) is 0 Å². The first-order chi connectivity index (χ1) is 5.66. The molecule has 0 amide bonds. The van der Waals surface area contributed by atoms with Crippen molar-refractivity contribution < 1.29 is 14.8 Å². The first-order valence-corrected chi connectivity index (χ1v) is 3.42. The second kappa shape index (κ2) is 3.47. The number of carbonyl (C=O) groups is 1. The van der Waals surface area contributed by atoms with Crippen LogP contribution in [0.5, 0.6) is 0 Å². The van der Waals surface area contributed by atoms with Gasteiger partial charge in [0, 0.05) is 23.4 Å². The Balaban J connectivity index is 3.22. The molecular weight excluding hydrogens is 157 g/mol. The Labute approximate surface area is 70.0 Å². The summed E-state index contributed by atoms with van der Waals surface area (Å²) < 4.78 is 0. The van der Waals surface area contributed by atoms with Crippen molar-refractivity contribution in [2.75, 3.05) is 0 Å². The van der Waals surface area contributed by atoms with Crippen LogP contribution in [0.1, 0.15) is 15.9 Å². The highest BCUT2D eigenvalue weighted by Gasteiger charge is 2.15. The Bertz CT molecular complexity index is 301. The molecule has 0 spiro atoms. The summed E-state index contributed by atoms with van der Waals surface area (Å²) in [5.41, 5.74) is 1.19. The molecule has 0 aromatic carbocycles. The summed E-state index contributed by atoms with van der Waals surface area (Å²) in [6.07, 6.45) is 3.34. The van der Waals surface area contributed by atoms with Crippen molar-refractivity contribution in [2.24, 2.45) is 0 Å². The molecule has 1 aromatic rings. The lowest BCUT2D eigenvalue weighted by Gasteiger charge is -2.04. The standard InChI is InChI=1S/C7H8BNO3/c1-5-6(4-10)2-9-3-7(5)8(11)12/h2-4,11-12H,1H3. The largest absolute Gasteiger partial charge is 0.490 e. The second-order valence-corrected chi connectivity index (χ2v) is 2.43. The highest BCUT2D eigenvalue weighted by atomic mass is 16.4. The maximum atomic E-state index is 10.4. The first kappa shape index (κ1) is 8.90. The lowest BCUT2D eigenvalue weighted by molar-refractivity contribution is 0.112. The minimum atomic E-state index is -1.57. The van der Waals surface area contributed by atoms with E-state index in [0.717, 1.165) is 0 Å². The minimum Gasteiger partial charge on any atom is -0.423 e. The second-order valence-electron chi connectivity index (χ2n) is 2.43. The van der Waals surface area contributed by atoms with Crippen molar-refractivity contribution >= 4 is 18.9 Å². The zero-order valence-corrected chi connectivity index (χ0v) is 6.56. The zero-order chi connectivity index (χ0) is 9.14. The van der Waals surface area contributed by atoms with E-state index in [9.17, 15) is 4.79 Å². The van der Waals surface area contributed by atoms with E-state index in [1.54, 1.807) is 6.92 Å². The summed E-state index contributed by atoms with van der Waals surface area (Å²) in [4.78, 5) is 14.1. The van der Waals surface area contributed by atoms with Gasteiger partial charge in [0.05, 0.1) is 0 Å². The van der Waals surface area contributed by atoms with Crippen LogP contribution in [0.4, 0.5) is 0 Å². The summed E-state index contributed by atoms with van der Waals surface area (Å²) in [7, 11) is -1.57. The van der Waals surface area contributed by atoms with Gasteiger partial charge in [-0.15, -0.1) is 0 Å². The van der Waals surface area contributed by atoms with Gasteiger partial charge in [-0.3, -0.25) is 9.78 Å². The van der Waals surface area contributed by atoms with E-state index in [2.05, 4.69) is 4.98 Å². The van der Waals surface area contributed by atoms with Crippen LogP contribution in [-0.2, 0) is 0 Å². The maximum absolute atomic E-state index is 10.4. The molecule has 0 aliphatic carbocycles. The third kappa shape index (κ3) is 1.52. The number of carbonyl (C=O) groups excluding carboxylic acids is 1. The molecule has 4 nitrogen and oxygen atoms in total. The smallest absolute Gasteiger partial charge is 0.423 e. The fourth-order valence-corrected chi connectivity index (χ4v) is 0.937. The van der Waals surface area contributed by atoms with Gasteiger partial charge < -0.3 is 10.0 Å². The fraction of sp³-hybridized carbons (Fsp3) is 0.143. The van der Waals surface area contributed by atoms with Gasteiger partial charge in [-0.05, 0) is 12.5 Å². The molecule has 0 aliphatic heterocycles. The van der Waals surface area contributed by atoms with Crippen molar-refractivity contribution in [1.82, 2.24) is 4.98 Å². The molecule has 1 heterocycles. The number of nitrogens with zero attached hydrogens (tertiary/aromatic N) is 1. The molecule has 0 bridgehead atoms. The molecule has 0 atom stereocenters. The molecule has 0 saturated heterocycles. The van der Waals surface area contributed by atoms with Gasteiger partial charge in [-0.25, -0.2) is 0 Å². The fourth-order valence-electron chi connectivity index (χ4n) is 0.937. The van der Waals surface area contributed by atoms with Gasteiger partial charge in [0.2, 0.25) is 0 Å². The summed E-state index contributed by atoms with van der Waals surface area (Å²) in [6.45, 7) is 1.64. The number of rotatable bonds is 2. The van der Waals surface area contributed by atoms with E-state index in [0.29, 0.717) is 17.4 Å². The van der Waals surface area contributed by atoms with Crippen LogP contribution in [0.3, 0.4) is 0 Å². The first-order valence-electron chi connectivity index (χ1n) is 3.42. The van der Waals surface area contributed by atoms with Crippen LogP contribution in [0.25, 0.3) is 0 Å². The minimum absolute atomic E-state index is 0.264. The molecule has 0 aliphatic rings. The number of aromatic nitrogens is 1. The molecule has 1 rings (SSSR count). The predicted molar refractivity (Wildman–Crippen MR) is 44.2 cm³/mol. The quantitative estimate of drug-likeness (QED) is 0.430. The molecule has 62 valence electrons. The van der Waals surface area contributed by atoms with Crippen molar-refractivity contribution in [3.63, 3.8) is 0 Å². The summed E-state index contributed by atoms with van der Waals surface area (Å²) in [5, 5.41) is 17.6. The van der Waals surface area contributed by atoms with Gasteiger partial charge in [0.25, 0.3) is 0 Å². The highest BCUT2D eigenvalue weighted by molar-refractivity contribution is 6.59. The van der Waals surface area contributed by atoms with Gasteiger partial charge in [0.1, 0.15) is 0 Å². The molecule has 2 N–H and O–H groups in total. The van der Waals surface area contributed by atoms with Crippen molar-refractivity contribution in [2.45, 2.75) is 6.92 Å². The molecule has 0 radical (unpaired) electrons. The summed E-state index contributed by atoms with van der Waals surface area (Å²) in [6, 6.07) is 0. The van der Waals surface area contributed by atoms with Gasteiger partial charge >= 0.3 is 7.12 Å². The van der Waals surface area contributed by atoms with Crippen LogP contribution >= 0.6 is 0 Å². The Morgan fingerprint density at radius 3 is 2.67 bits per heavy atom. The molecule has 0 saturated carbocycles. The predicted octanol–water partition coefficient (Wildman–Crippen LogP) is -1.12. The maximum Gasteiger partial charge on any atom is 0.490 e. The zero-order valence-electron chi connectivity index (χ0n) is 6.56. The lowest BCUT2D eigenvalue weighted by atomic mass is 9.78. The third-order valence-electron chi connectivity index (χ3n) is 1.70. The average molecular weight is 165 g/mol. The van der Waals surface area contributed by atoms with E-state index in [1.165, 1.54) is 12.4 Å². The monoisotopic (exact) mass is 165 g/mol. The molecule has 0 unspecified atom stereocenters.